The van der Waals surface area contributed by atoms with Crippen LogP contribution in [0.3, 0.4) is 0 Å². The van der Waals surface area contributed by atoms with Crippen molar-refractivity contribution >= 4 is 47.3 Å². The summed E-state index contributed by atoms with van der Waals surface area (Å²) in [5.41, 5.74) is 11.8. The molecule has 0 aliphatic rings. The van der Waals surface area contributed by atoms with Crippen molar-refractivity contribution in [3.8, 4) is 5.75 Å². The number of amides is 4. The number of phenols is 1. The van der Waals surface area contributed by atoms with Crippen molar-refractivity contribution in [3.63, 3.8) is 0 Å². The quantitative estimate of drug-likeness (QED) is 0.107. The molecule has 38 heavy (non-hydrogen) atoms. The second-order valence-electron chi connectivity index (χ2n) is 8.38. The van der Waals surface area contributed by atoms with E-state index < -0.39 is 72.6 Å². The van der Waals surface area contributed by atoms with E-state index >= 15 is 0 Å². The van der Waals surface area contributed by atoms with Gasteiger partial charge < -0.3 is 42.7 Å². The Bertz CT molecular complexity index is 1010. The van der Waals surface area contributed by atoms with Crippen molar-refractivity contribution in [1.82, 2.24) is 16.0 Å². The van der Waals surface area contributed by atoms with Gasteiger partial charge in [-0.15, -0.1) is 0 Å². The maximum Gasteiger partial charge on any atom is 0.326 e. The third-order valence-corrected chi connectivity index (χ3v) is 5.92. The summed E-state index contributed by atoms with van der Waals surface area (Å²) in [6, 6.07) is 0.601. The minimum absolute atomic E-state index is 0.0293. The van der Waals surface area contributed by atoms with E-state index in [0.29, 0.717) is 11.3 Å². The van der Waals surface area contributed by atoms with Crippen LogP contribution in [-0.2, 0) is 35.2 Å². The fourth-order valence-electron chi connectivity index (χ4n) is 3.24. The molecule has 0 saturated heterocycles. The van der Waals surface area contributed by atoms with Crippen molar-refractivity contribution in [2.75, 3.05) is 12.0 Å². The fraction of sp³-hybridized carbons (Fsp3) is 0.478. The summed E-state index contributed by atoms with van der Waals surface area (Å²) in [6.45, 7) is 0. The fourth-order valence-corrected chi connectivity index (χ4v) is 3.71. The number of nitrogens with one attached hydrogen (secondary N) is 3. The highest BCUT2D eigenvalue weighted by atomic mass is 32.2. The van der Waals surface area contributed by atoms with Crippen LogP contribution in [0.1, 0.15) is 31.2 Å². The molecule has 4 unspecified atom stereocenters. The molecule has 210 valence electrons. The zero-order valence-electron chi connectivity index (χ0n) is 20.7. The van der Waals surface area contributed by atoms with Gasteiger partial charge in [0.25, 0.3) is 0 Å². The van der Waals surface area contributed by atoms with Gasteiger partial charge in [-0.1, -0.05) is 12.1 Å². The van der Waals surface area contributed by atoms with E-state index in [1.165, 1.54) is 23.9 Å². The van der Waals surface area contributed by atoms with Gasteiger partial charge >= 0.3 is 11.9 Å². The molecule has 4 atom stereocenters. The van der Waals surface area contributed by atoms with Crippen LogP contribution < -0.4 is 27.4 Å². The summed E-state index contributed by atoms with van der Waals surface area (Å²) in [7, 11) is 0. The number of hydrogen-bond donors (Lipinski definition) is 8. The molecular weight excluding hydrogens is 522 g/mol. The summed E-state index contributed by atoms with van der Waals surface area (Å²) >= 11 is 1.35. The standard InChI is InChI=1S/C23H33N5O9S/c1-38-9-8-15(21(34)27-16(23(36)37)6-7-19(31)32)26-22(35)17(11-18(25)30)28-20(33)14(24)10-12-2-4-13(29)5-3-12/h2-5,14-17,29H,6-11,24H2,1H3,(H2,25,30)(H,26,35)(H,27,34)(H,28,33)(H,31,32)(H,36,37). The Balaban J connectivity index is 2.95. The van der Waals surface area contributed by atoms with E-state index in [-0.39, 0.29) is 25.0 Å². The molecule has 14 nitrogen and oxygen atoms in total. The van der Waals surface area contributed by atoms with Crippen LogP contribution in [0.5, 0.6) is 5.75 Å². The van der Waals surface area contributed by atoms with Gasteiger partial charge in [-0.05, 0) is 49.0 Å². The molecule has 0 bridgehead atoms. The van der Waals surface area contributed by atoms with Crippen molar-refractivity contribution in [1.29, 1.82) is 0 Å². The zero-order valence-corrected chi connectivity index (χ0v) is 21.5. The number of carbonyl (C=O) groups is 6. The highest BCUT2D eigenvalue weighted by Crippen LogP contribution is 2.11. The molecule has 0 aliphatic heterocycles. The summed E-state index contributed by atoms with van der Waals surface area (Å²) in [4.78, 5) is 72.2. The van der Waals surface area contributed by atoms with Crippen LogP contribution in [0, 0.1) is 0 Å². The van der Waals surface area contributed by atoms with Gasteiger partial charge in [-0.2, -0.15) is 11.8 Å². The van der Waals surface area contributed by atoms with Gasteiger partial charge in [0.05, 0.1) is 12.5 Å². The van der Waals surface area contributed by atoms with Crippen LogP contribution in [0.4, 0.5) is 0 Å². The summed E-state index contributed by atoms with van der Waals surface area (Å²) in [5, 5.41) is 34.5. The van der Waals surface area contributed by atoms with Gasteiger partial charge in [-0.25, -0.2) is 4.79 Å². The largest absolute Gasteiger partial charge is 0.508 e. The lowest BCUT2D eigenvalue weighted by molar-refractivity contribution is -0.143. The highest BCUT2D eigenvalue weighted by Gasteiger charge is 2.31. The van der Waals surface area contributed by atoms with Crippen LogP contribution >= 0.6 is 11.8 Å². The van der Waals surface area contributed by atoms with Crippen LogP contribution in [0.25, 0.3) is 0 Å². The molecule has 0 radical (unpaired) electrons. The molecule has 15 heteroatoms. The number of aromatic hydroxyl groups is 1. The van der Waals surface area contributed by atoms with Crippen LogP contribution in [0.15, 0.2) is 24.3 Å². The average molecular weight is 556 g/mol. The number of carbonyl (C=O) groups excluding carboxylic acids is 4. The van der Waals surface area contributed by atoms with Crippen molar-refractivity contribution < 1.29 is 44.1 Å². The Kier molecular flexibility index (Phi) is 13.6. The summed E-state index contributed by atoms with van der Waals surface area (Å²) < 4.78 is 0. The first-order chi connectivity index (χ1) is 17.8. The van der Waals surface area contributed by atoms with Gasteiger partial charge in [0, 0.05) is 6.42 Å². The Morgan fingerprint density at radius 3 is 1.95 bits per heavy atom. The average Bonchev–Trinajstić information content (AvgIpc) is 2.84. The van der Waals surface area contributed by atoms with Gasteiger partial charge in [-0.3, -0.25) is 24.0 Å². The van der Waals surface area contributed by atoms with Gasteiger partial charge in [0.1, 0.15) is 23.9 Å². The maximum atomic E-state index is 13.0. The lowest BCUT2D eigenvalue weighted by atomic mass is 10.0. The van der Waals surface area contributed by atoms with E-state index in [2.05, 4.69) is 16.0 Å². The number of primary amides is 1. The minimum Gasteiger partial charge on any atom is -0.508 e. The van der Waals surface area contributed by atoms with E-state index in [1.807, 2.05) is 0 Å². The van der Waals surface area contributed by atoms with Crippen molar-refractivity contribution in [2.24, 2.45) is 11.5 Å². The molecule has 0 aliphatic carbocycles. The predicted octanol–water partition coefficient (Wildman–Crippen LogP) is -1.71. The lowest BCUT2D eigenvalue weighted by Crippen LogP contribution is -2.58. The zero-order chi connectivity index (χ0) is 28.8. The highest BCUT2D eigenvalue weighted by molar-refractivity contribution is 7.98. The molecule has 0 fully saturated rings. The molecule has 0 saturated carbocycles. The first kappa shape index (κ1) is 32.2. The molecule has 0 aromatic heterocycles. The smallest absolute Gasteiger partial charge is 0.326 e. The first-order valence-corrected chi connectivity index (χ1v) is 12.9. The molecule has 10 N–H and O–H groups in total. The summed E-state index contributed by atoms with van der Waals surface area (Å²) in [6.07, 6.45) is 0.394. The van der Waals surface area contributed by atoms with Crippen LogP contribution in [-0.4, -0.2) is 87.1 Å². The number of benzene rings is 1. The second-order valence-corrected chi connectivity index (χ2v) is 9.37. The molecule has 0 spiro atoms. The maximum absolute atomic E-state index is 13.0. The second kappa shape index (κ2) is 16.1. The Morgan fingerprint density at radius 2 is 1.42 bits per heavy atom. The molecule has 0 heterocycles. The first-order valence-electron chi connectivity index (χ1n) is 11.5. The van der Waals surface area contributed by atoms with E-state index in [1.54, 1.807) is 18.4 Å². The van der Waals surface area contributed by atoms with Gasteiger partial charge in [0.2, 0.25) is 23.6 Å². The molecule has 1 aromatic rings. The third kappa shape index (κ3) is 11.9. The number of aliphatic carboxylic acids is 2. The monoisotopic (exact) mass is 555 g/mol. The topological polar surface area (TPSA) is 251 Å². The van der Waals surface area contributed by atoms with E-state index in [9.17, 15) is 39.0 Å². The SMILES string of the molecule is CSCCC(NC(=O)C(CC(N)=O)NC(=O)C(N)Cc1ccc(O)cc1)C(=O)NC(CCC(=O)O)C(=O)O. The Hall–Kier alpha value is -3.85. The predicted molar refractivity (Wildman–Crippen MR) is 137 cm³/mol. The number of carboxylic acid groups (broad SMARTS) is 2. The number of phenolic OH excluding ortho intramolecular Hbond substituents is 1. The Labute approximate surface area is 222 Å². The Morgan fingerprint density at radius 1 is 0.868 bits per heavy atom. The third-order valence-electron chi connectivity index (χ3n) is 5.27. The van der Waals surface area contributed by atoms with E-state index in [4.69, 9.17) is 16.6 Å². The normalized spacial score (nSPS) is 13.8. The van der Waals surface area contributed by atoms with Gasteiger partial charge in [0.15, 0.2) is 0 Å². The summed E-state index contributed by atoms with van der Waals surface area (Å²) in [5.74, 6) is -5.77. The number of nitrogens with two attached hydrogens (primary N) is 2. The lowest BCUT2D eigenvalue weighted by Gasteiger charge is -2.24. The molecule has 1 aromatic carbocycles. The van der Waals surface area contributed by atoms with Crippen molar-refractivity contribution in [2.45, 2.75) is 56.3 Å². The molecule has 1 rings (SSSR count). The van der Waals surface area contributed by atoms with Crippen LogP contribution in [0.2, 0.25) is 0 Å². The number of hydrogen-bond acceptors (Lipinski definition) is 9. The number of carboxylic acids is 2. The molecular formula is C23H33N5O9S. The number of rotatable bonds is 17. The number of thioether (sulfide) groups is 1. The minimum atomic E-state index is -1.51. The van der Waals surface area contributed by atoms with E-state index in [0.717, 1.165) is 0 Å². The van der Waals surface area contributed by atoms with Crippen molar-refractivity contribution in [3.05, 3.63) is 29.8 Å². The molecule has 4 amide bonds.